The van der Waals surface area contributed by atoms with Gasteiger partial charge in [0.25, 0.3) is 0 Å². The fourth-order valence-corrected chi connectivity index (χ4v) is 2.29. The number of benzene rings is 2. The highest BCUT2D eigenvalue weighted by molar-refractivity contribution is 5.24. The molecular formula is C17H19FO. The third-order valence-corrected chi connectivity index (χ3v) is 3.18. The van der Waals surface area contributed by atoms with Gasteiger partial charge in [-0.15, -0.1) is 0 Å². The molecule has 2 heteroatoms. The normalized spacial score (nSPS) is 14.1. The Balaban J connectivity index is 2.07. The molecule has 2 rings (SSSR count). The largest absolute Gasteiger partial charge is 0.389 e. The summed E-state index contributed by atoms with van der Waals surface area (Å²) in [7, 11) is 0. The molecule has 2 aromatic carbocycles. The second-order valence-electron chi connectivity index (χ2n) is 5.47. The highest BCUT2D eigenvalue weighted by atomic mass is 19.1. The third kappa shape index (κ3) is 4.18. The van der Waals surface area contributed by atoms with Gasteiger partial charge in [0.2, 0.25) is 0 Å². The number of rotatable bonds is 4. The van der Waals surface area contributed by atoms with Gasteiger partial charge in [0.1, 0.15) is 5.82 Å². The van der Waals surface area contributed by atoms with Crippen LogP contribution in [-0.2, 0) is 12.8 Å². The van der Waals surface area contributed by atoms with Crippen molar-refractivity contribution in [2.45, 2.75) is 32.3 Å². The molecule has 0 spiro atoms. The standard InChI is InChI=1S/C17H19FO/c1-13-6-8-14(9-7-13)11-17(2,19)12-15-4-3-5-16(18)10-15/h3-10,19H,11-12H2,1-2H3. The topological polar surface area (TPSA) is 20.2 Å². The first-order chi connectivity index (χ1) is 8.94. The first-order valence-corrected chi connectivity index (χ1v) is 6.47. The lowest BCUT2D eigenvalue weighted by molar-refractivity contribution is 0.0608. The van der Waals surface area contributed by atoms with Crippen LogP contribution < -0.4 is 0 Å². The van der Waals surface area contributed by atoms with Crippen molar-refractivity contribution < 1.29 is 9.50 Å². The van der Waals surface area contributed by atoms with Crippen LogP contribution in [0.3, 0.4) is 0 Å². The summed E-state index contributed by atoms with van der Waals surface area (Å²) in [6.07, 6.45) is 1.00. The van der Waals surface area contributed by atoms with Crippen LogP contribution in [0.4, 0.5) is 4.39 Å². The Kier molecular flexibility index (Phi) is 4.01. The predicted molar refractivity (Wildman–Crippen MR) is 75.6 cm³/mol. The summed E-state index contributed by atoms with van der Waals surface area (Å²) in [6.45, 7) is 3.83. The highest BCUT2D eigenvalue weighted by Gasteiger charge is 2.21. The molecule has 0 saturated heterocycles. The smallest absolute Gasteiger partial charge is 0.123 e. The SMILES string of the molecule is Cc1ccc(CC(C)(O)Cc2cccc(F)c2)cc1. The Morgan fingerprint density at radius 3 is 2.26 bits per heavy atom. The van der Waals surface area contributed by atoms with Crippen molar-refractivity contribution in [2.24, 2.45) is 0 Å². The van der Waals surface area contributed by atoms with Crippen molar-refractivity contribution in [3.63, 3.8) is 0 Å². The van der Waals surface area contributed by atoms with E-state index in [2.05, 4.69) is 0 Å². The van der Waals surface area contributed by atoms with Crippen LogP contribution in [0.2, 0.25) is 0 Å². The van der Waals surface area contributed by atoms with E-state index in [0.29, 0.717) is 12.8 Å². The maximum Gasteiger partial charge on any atom is 0.123 e. The van der Waals surface area contributed by atoms with Crippen LogP contribution in [0.5, 0.6) is 0 Å². The molecule has 0 aromatic heterocycles. The fraction of sp³-hybridized carbons (Fsp3) is 0.294. The molecule has 0 radical (unpaired) electrons. The number of hydrogen-bond donors (Lipinski definition) is 1. The molecule has 1 nitrogen and oxygen atoms in total. The van der Waals surface area contributed by atoms with E-state index in [4.69, 9.17) is 0 Å². The van der Waals surface area contributed by atoms with Gasteiger partial charge in [0, 0.05) is 12.8 Å². The highest BCUT2D eigenvalue weighted by Crippen LogP contribution is 2.19. The molecule has 0 saturated carbocycles. The number of aliphatic hydroxyl groups is 1. The van der Waals surface area contributed by atoms with E-state index in [-0.39, 0.29) is 5.82 Å². The van der Waals surface area contributed by atoms with E-state index in [1.165, 1.54) is 17.7 Å². The van der Waals surface area contributed by atoms with Crippen LogP contribution >= 0.6 is 0 Å². The van der Waals surface area contributed by atoms with E-state index in [1.807, 2.05) is 37.3 Å². The van der Waals surface area contributed by atoms with Crippen molar-refractivity contribution in [1.29, 1.82) is 0 Å². The van der Waals surface area contributed by atoms with Gasteiger partial charge in [0.15, 0.2) is 0 Å². The summed E-state index contributed by atoms with van der Waals surface area (Å²) in [5.74, 6) is -0.261. The van der Waals surface area contributed by atoms with Gasteiger partial charge in [-0.05, 0) is 37.1 Å². The second kappa shape index (κ2) is 5.54. The zero-order valence-corrected chi connectivity index (χ0v) is 11.4. The summed E-state index contributed by atoms with van der Waals surface area (Å²) in [4.78, 5) is 0. The van der Waals surface area contributed by atoms with E-state index in [0.717, 1.165) is 11.1 Å². The predicted octanol–water partition coefficient (Wildman–Crippen LogP) is 3.67. The molecular weight excluding hydrogens is 239 g/mol. The maximum absolute atomic E-state index is 13.1. The van der Waals surface area contributed by atoms with Gasteiger partial charge < -0.3 is 5.11 Å². The van der Waals surface area contributed by atoms with Crippen LogP contribution in [0.1, 0.15) is 23.6 Å². The lowest BCUT2D eigenvalue weighted by Crippen LogP contribution is -2.30. The summed E-state index contributed by atoms with van der Waals surface area (Å²) in [6, 6.07) is 14.5. The van der Waals surface area contributed by atoms with Crippen molar-refractivity contribution in [3.8, 4) is 0 Å². The Morgan fingerprint density at radius 2 is 1.63 bits per heavy atom. The van der Waals surface area contributed by atoms with Gasteiger partial charge in [0.05, 0.1) is 5.60 Å². The van der Waals surface area contributed by atoms with Crippen molar-refractivity contribution >= 4 is 0 Å². The van der Waals surface area contributed by atoms with E-state index >= 15 is 0 Å². The third-order valence-electron chi connectivity index (χ3n) is 3.18. The maximum atomic E-state index is 13.1. The summed E-state index contributed by atoms with van der Waals surface area (Å²) in [5, 5.41) is 10.5. The van der Waals surface area contributed by atoms with Gasteiger partial charge in [-0.1, -0.05) is 42.0 Å². The molecule has 0 heterocycles. The Hall–Kier alpha value is -1.67. The molecule has 1 unspecified atom stereocenters. The van der Waals surface area contributed by atoms with Gasteiger partial charge in [-0.2, -0.15) is 0 Å². The Bertz CT molecular complexity index is 543. The Morgan fingerprint density at radius 1 is 1.00 bits per heavy atom. The molecule has 0 fully saturated rings. The van der Waals surface area contributed by atoms with E-state index in [1.54, 1.807) is 13.0 Å². The minimum absolute atomic E-state index is 0.261. The monoisotopic (exact) mass is 258 g/mol. The summed E-state index contributed by atoms with van der Waals surface area (Å²) >= 11 is 0. The number of hydrogen-bond acceptors (Lipinski definition) is 1. The second-order valence-corrected chi connectivity index (χ2v) is 5.47. The zero-order chi connectivity index (χ0) is 13.9. The van der Waals surface area contributed by atoms with Gasteiger partial charge in [-0.3, -0.25) is 0 Å². The minimum Gasteiger partial charge on any atom is -0.389 e. The van der Waals surface area contributed by atoms with Gasteiger partial charge in [-0.25, -0.2) is 4.39 Å². The van der Waals surface area contributed by atoms with Gasteiger partial charge >= 0.3 is 0 Å². The van der Waals surface area contributed by atoms with E-state index < -0.39 is 5.60 Å². The average Bonchev–Trinajstić information content (AvgIpc) is 2.31. The molecule has 100 valence electrons. The van der Waals surface area contributed by atoms with Crippen LogP contribution in [0.15, 0.2) is 48.5 Å². The first kappa shape index (κ1) is 13.8. The van der Waals surface area contributed by atoms with E-state index in [9.17, 15) is 9.50 Å². The minimum atomic E-state index is -0.872. The Labute approximate surface area is 113 Å². The molecule has 19 heavy (non-hydrogen) atoms. The molecule has 1 atom stereocenters. The van der Waals surface area contributed by atoms with Crippen LogP contribution in [0.25, 0.3) is 0 Å². The fourth-order valence-electron chi connectivity index (χ4n) is 2.29. The van der Waals surface area contributed by atoms with Crippen LogP contribution in [-0.4, -0.2) is 10.7 Å². The summed E-state index contributed by atoms with van der Waals surface area (Å²) < 4.78 is 13.1. The molecule has 0 bridgehead atoms. The number of halogens is 1. The molecule has 1 N–H and O–H groups in total. The van der Waals surface area contributed by atoms with Crippen molar-refractivity contribution in [2.75, 3.05) is 0 Å². The molecule has 0 aliphatic rings. The molecule has 0 aliphatic heterocycles. The zero-order valence-electron chi connectivity index (χ0n) is 11.4. The average molecular weight is 258 g/mol. The van der Waals surface area contributed by atoms with Crippen LogP contribution in [0, 0.1) is 12.7 Å². The molecule has 0 amide bonds. The first-order valence-electron chi connectivity index (χ1n) is 6.47. The number of aryl methyl sites for hydroxylation is 1. The lowest BCUT2D eigenvalue weighted by atomic mass is 9.89. The summed E-state index contributed by atoms with van der Waals surface area (Å²) in [5.41, 5.74) is 2.24. The molecule has 0 aliphatic carbocycles. The van der Waals surface area contributed by atoms with Crippen molar-refractivity contribution in [3.05, 3.63) is 71.0 Å². The van der Waals surface area contributed by atoms with Crippen molar-refractivity contribution in [1.82, 2.24) is 0 Å². The lowest BCUT2D eigenvalue weighted by Gasteiger charge is -2.23. The quantitative estimate of drug-likeness (QED) is 0.887. The molecule has 2 aromatic rings.